The summed E-state index contributed by atoms with van der Waals surface area (Å²) in [6, 6.07) is 9.60. The number of nitrogens with one attached hydrogen (secondary N) is 2. The zero-order chi connectivity index (χ0) is 31.9. The van der Waals surface area contributed by atoms with E-state index >= 15 is 0 Å². The second kappa shape index (κ2) is 13.5. The van der Waals surface area contributed by atoms with Crippen molar-refractivity contribution in [2.75, 3.05) is 0 Å². The van der Waals surface area contributed by atoms with Gasteiger partial charge in [-0.15, -0.1) is 0 Å². The minimum Gasteiger partial charge on any atom is -0.355 e. The van der Waals surface area contributed by atoms with E-state index in [1.165, 1.54) is 196 Å². The van der Waals surface area contributed by atoms with Crippen molar-refractivity contribution in [1.82, 2.24) is 19.9 Å². The molecule has 4 nitrogen and oxygen atoms in total. The fourth-order valence-electron chi connectivity index (χ4n) is 10.6. The Labute approximate surface area is 287 Å². The van der Waals surface area contributed by atoms with Gasteiger partial charge >= 0.3 is 0 Å². The molecule has 0 spiro atoms. The highest BCUT2D eigenvalue weighted by Gasteiger charge is 2.28. The Kier molecular flexibility index (Phi) is 8.61. The molecule has 3 aromatic heterocycles. The first-order valence-electron chi connectivity index (χ1n) is 20.0. The van der Waals surface area contributed by atoms with Gasteiger partial charge < -0.3 is 9.97 Å². The van der Waals surface area contributed by atoms with Crippen LogP contribution in [0.3, 0.4) is 0 Å². The average molecular weight is 639 g/mol. The highest BCUT2D eigenvalue weighted by atomic mass is 14.8. The molecule has 0 radical (unpaired) electrons. The van der Waals surface area contributed by atoms with Crippen LogP contribution in [-0.4, -0.2) is 19.9 Å². The standard InChI is InChI=1S/C44H54N4/c1-5-13-29(14-6-1)41-33-21-23-35(45-33)42(30-15-7-2-8-16-30)37-25-27-39(47-37)44(32-19-11-4-12-20-32)40-28-26-38(48-40)43(31-17-9-3-10-18-31)36-24-22-34(41)46-36/h21-32,45-46H,1-20H2. The van der Waals surface area contributed by atoms with E-state index in [4.69, 9.17) is 9.97 Å². The van der Waals surface area contributed by atoms with Crippen molar-refractivity contribution in [3.63, 3.8) is 0 Å². The molecule has 5 heterocycles. The summed E-state index contributed by atoms with van der Waals surface area (Å²) in [5.74, 6) is 2.21. The van der Waals surface area contributed by atoms with E-state index < -0.39 is 0 Å². The summed E-state index contributed by atoms with van der Waals surface area (Å²) in [4.78, 5) is 19.3. The molecule has 6 aliphatic rings. The molecule has 0 amide bonds. The van der Waals surface area contributed by atoms with Crippen LogP contribution in [0.4, 0.5) is 0 Å². The number of hydrogen-bond acceptors (Lipinski definition) is 2. The molecule has 0 saturated heterocycles. The normalized spacial score (nSPS) is 21.7. The van der Waals surface area contributed by atoms with Gasteiger partial charge in [0, 0.05) is 44.3 Å². The Morgan fingerprint density at radius 3 is 0.958 bits per heavy atom. The molecule has 0 aromatic carbocycles. The van der Waals surface area contributed by atoms with Gasteiger partial charge in [-0.3, -0.25) is 0 Å². The Hall–Kier alpha value is -3.40. The fourth-order valence-corrected chi connectivity index (χ4v) is 10.6. The number of aromatic amines is 2. The van der Waals surface area contributed by atoms with Crippen molar-refractivity contribution < 1.29 is 0 Å². The van der Waals surface area contributed by atoms with E-state index in [-0.39, 0.29) is 0 Å². The van der Waals surface area contributed by atoms with E-state index in [0.29, 0.717) is 23.7 Å². The molecule has 4 aliphatic carbocycles. The molecule has 0 unspecified atom stereocenters. The Morgan fingerprint density at radius 1 is 0.333 bits per heavy atom. The van der Waals surface area contributed by atoms with Gasteiger partial charge in [0.2, 0.25) is 0 Å². The summed E-state index contributed by atoms with van der Waals surface area (Å²) in [6.07, 6.45) is 35.5. The third kappa shape index (κ3) is 5.81. The maximum Gasteiger partial charge on any atom is 0.0694 e. The zero-order valence-electron chi connectivity index (χ0n) is 29.0. The number of rotatable bonds is 4. The van der Waals surface area contributed by atoms with Crippen molar-refractivity contribution in [3.8, 4) is 0 Å². The first kappa shape index (κ1) is 30.6. The average Bonchev–Trinajstić information content (AvgIpc) is 3.98. The lowest BCUT2D eigenvalue weighted by Gasteiger charge is -2.24. The van der Waals surface area contributed by atoms with Gasteiger partial charge in [0.05, 0.1) is 22.8 Å². The summed E-state index contributed by atoms with van der Waals surface area (Å²) in [5.41, 5.74) is 15.7. The summed E-state index contributed by atoms with van der Waals surface area (Å²) < 4.78 is 0. The predicted octanol–water partition coefficient (Wildman–Crippen LogP) is 12.8. The Balaban J connectivity index is 1.37. The van der Waals surface area contributed by atoms with Crippen LogP contribution in [0.5, 0.6) is 0 Å². The van der Waals surface area contributed by atoms with Gasteiger partial charge in [0.15, 0.2) is 0 Å². The van der Waals surface area contributed by atoms with Crippen molar-refractivity contribution in [2.24, 2.45) is 0 Å². The summed E-state index contributed by atoms with van der Waals surface area (Å²) in [7, 11) is 0. The monoisotopic (exact) mass is 638 g/mol. The molecule has 0 atom stereocenters. The van der Waals surface area contributed by atoms with Gasteiger partial charge in [0.25, 0.3) is 0 Å². The molecule has 250 valence electrons. The smallest absolute Gasteiger partial charge is 0.0694 e. The molecule has 48 heavy (non-hydrogen) atoms. The molecule has 8 bridgehead atoms. The Bertz CT molecular complexity index is 1740. The largest absolute Gasteiger partial charge is 0.355 e. The number of nitrogens with zero attached hydrogens (tertiary/aromatic N) is 2. The minimum absolute atomic E-state index is 0.529. The lowest BCUT2D eigenvalue weighted by molar-refractivity contribution is 0.441. The van der Waals surface area contributed by atoms with Crippen LogP contribution in [0.1, 0.15) is 197 Å². The molecule has 4 saturated carbocycles. The molecular formula is C44H54N4. The maximum atomic E-state index is 5.60. The highest BCUT2D eigenvalue weighted by molar-refractivity contribution is 5.84. The summed E-state index contributed by atoms with van der Waals surface area (Å²) in [5, 5.41) is 0. The van der Waals surface area contributed by atoms with Crippen LogP contribution in [0.2, 0.25) is 0 Å². The maximum absolute atomic E-state index is 5.60. The molecule has 4 fully saturated rings. The lowest BCUT2D eigenvalue weighted by Crippen LogP contribution is -2.09. The Morgan fingerprint density at radius 2 is 0.604 bits per heavy atom. The van der Waals surface area contributed by atoms with E-state index in [2.05, 4.69) is 58.5 Å². The van der Waals surface area contributed by atoms with Crippen LogP contribution in [0, 0.1) is 0 Å². The molecule has 2 aliphatic heterocycles. The van der Waals surface area contributed by atoms with Crippen molar-refractivity contribution >= 4 is 46.4 Å². The van der Waals surface area contributed by atoms with Crippen molar-refractivity contribution in [3.05, 3.63) is 69.3 Å². The van der Waals surface area contributed by atoms with Crippen LogP contribution < -0.4 is 0 Å². The topological polar surface area (TPSA) is 57.4 Å². The minimum atomic E-state index is 0.529. The number of aromatic nitrogens is 4. The lowest BCUT2D eigenvalue weighted by atomic mass is 9.82. The number of hydrogen-bond donors (Lipinski definition) is 2. The van der Waals surface area contributed by atoms with E-state index in [9.17, 15) is 0 Å². The zero-order valence-corrected chi connectivity index (χ0v) is 29.0. The first-order valence-corrected chi connectivity index (χ1v) is 20.0. The molecule has 9 rings (SSSR count). The quantitative estimate of drug-likeness (QED) is 0.206. The van der Waals surface area contributed by atoms with Crippen LogP contribution in [0.25, 0.3) is 46.4 Å². The van der Waals surface area contributed by atoms with E-state index in [0.717, 1.165) is 0 Å². The third-order valence-corrected chi connectivity index (χ3v) is 13.0. The van der Waals surface area contributed by atoms with Gasteiger partial charge in [-0.1, -0.05) is 77.0 Å². The van der Waals surface area contributed by atoms with Crippen LogP contribution in [0.15, 0.2) is 24.3 Å². The van der Waals surface area contributed by atoms with E-state index in [1.807, 2.05) is 0 Å². The van der Waals surface area contributed by atoms with Gasteiger partial charge in [-0.2, -0.15) is 0 Å². The fraction of sp³-hybridized carbons (Fsp3) is 0.545. The van der Waals surface area contributed by atoms with Gasteiger partial charge in [-0.05, 0) is 124 Å². The summed E-state index contributed by atoms with van der Waals surface area (Å²) >= 11 is 0. The SMILES string of the molecule is C1=Cc2nc1c(C1CCCCC1)c1nc(c(C3CCCCC3)c3ccc([nH]3)c(C3CCCCC3)c3ccc([nH]3)c2C2CCCCC2)C=C1. The van der Waals surface area contributed by atoms with Crippen LogP contribution in [-0.2, 0) is 0 Å². The van der Waals surface area contributed by atoms with Gasteiger partial charge in [-0.25, -0.2) is 9.97 Å². The van der Waals surface area contributed by atoms with Crippen molar-refractivity contribution in [1.29, 1.82) is 0 Å². The number of H-pyrrole nitrogens is 2. The first-order chi connectivity index (χ1) is 23.8. The highest BCUT2D eigenvalue weighted by Crippen LogP contribution is 2.43. The second-order valence-corrected chi connectivity index (χ2v) is 16.0. The number of fused-ring (bicyclic) bond motifs is 8. The van der Waals surface area contributed by atoms with Crippen LogP contribution >= 0.6 is 0 Å². The summed E-state index contributed by atoms with van der Waals surface area (Å²) in [6.45, 7) is 0. The molecule has 2 N–H and O–H groups in total. The van der Waals surface area contributed by atoms with Gasteiger partial charge in [0.1, 0.15) is 0 Å². The molecule has 3 aromatic rings. The van der Waals surface area contributed by atoms with Crippen molar-refractivity contribution in [2.45, 2.75) is 152 Å². The second-order valence-electron chi connectivity index (χ2n) is 16.0. The third-order valence-electron chi connectivity index (χ3n) is 13.0. The van der Waals surface area contributed by atoms with E-state index in [1.54, 1.807) is 0 Å². The predicted molar refractivity (Wildman–Crippen MR) is 202 cm³/mol. The molecular weight excluding hydrogens is 585 g/mol. The molecule has 4 heteroatoms.